The summed E-state index contributed by atoms with van der Waals surface area (Å²) in [6, 6.07) is 0. The summed E-state index contributed by atoms with van der Waals surface area (Å²) in [4.78, 5) is 28.4. The molecule has 2 aliphatic rings. The second-order valence-corrected chi connectivity index (χ2v) is 9.60. The van der Waals surface area contributed by atoms with Crippen LogP contribution in [-0.4, -0.2) is 83.9 Å². The lowest BCUT2D eigenvalue weighted by atomic mass is 9.94. The number of carbonyl (C=O) groups is 1. The Morgan fingerprint density at radius 3 is 2.32 bits per heavy atom. The second-order valence-electron chi connectivity index (χ2n) is 9.60. The molecule has 174 valence electrons. The van der Waals surface area contributed by atoms with Gasteiger partial charge in [0, 0.05) is 51.2 Å². The summed E-state index contributed by atoms with van der Waals surface area (Å²) in [6.07, 6.45) is 6.59. The highest BCUT2D eigenvalue weighted by Crippen LogP contribution is 2.22. The summed E-state index contributed by atoms with van der Waals surface area (Å²) in [7, 11) is 0. The van der Waals surface area contributed by atoms with Gasteiger partial charge >= 0.3 is 0 Å². The van der Waals surface area contributed by atoms with E-state index in [-0.39, 0.29) is 11.3 Å². The van der Waals surface area contributed by atoms with Crippen molar-refractivity contribution in [2.75, 3.05) is 52.4 Å². The zero-order chi connectivity index (χ0) is 22.3. The quantitative estimate of drug-likeness (QED) is 0.569. The fourth-order valence-electron chi connectivity index (χ4n) is 4.03. The fourth-order valence-corrected chi connectivity index (χ4v) is 4.03. The number of amides is 1. The molecule has 31 heavy (non-hydrogen) atoms. The molecular weight excluding hydrogens is 392 g/mol. The van der Waals surface area contributed by atoms with Crippen molar-refractivity contribution in [3.05, 3.63) is 17.8 Å². The monoisotopic (exact) mass is 432 g/mol. The van der Waals surface area contributed by atoms with Crippen LogP contribution in [0.15, 0.2) is 15.6 Å². The first-order valence-corrected chi connectivity index (χ1v) is 11.9. The van der Waals surface area contributed by atoms with Gasteiger partial charge in [-0.25, -0.2) is 9.98 Å². The van der Waals surface area contributed by atoms with E-state index in [0.717, 1.165) is 70.4 Å². The maximum Gasteiger partial charge on any atom is 0.236 e. The Morgan fingerprint density at radius 1 is 1.06 bits per heavy atom. The number of rotatable bonds is 5. The van der Waals surface area contributed by atoms with Crippen LogP contribution in [0.1, 0.15) is 65.0 Å². The first-order valence-electron chi connectivity index (χ1n) is 11.9. The number of piperazine rings is 1. The molecule has 3 heterocycles. The second kappa shape index (κ2) is 11.0. The standard InChI is InChI=1S/C23H40N6O2/c1-5-24-22(26-17-20-25-16-19(31-20)23(2,3)4)29-14-12-27(13-15-29)18-21(30)28-10-8-6-7-9-11-28/h16H,5-15,17-18H2,1-4H3,(H,24,26). The van der Waals surface area contributed by atoms with Gasteiger partial charge in [0.05, 0.1) is 12.7 Å². The molecule has 0 aliphatic carbocycles. The lowest BCUT2D eigenvalue weighted by molar-refractivity contribution is -0.132. The third-order valence-electron chi connectivity index (χ3n) is 5.98. The summed E-state index contributed by atoms with van der Waals surface area (Å²) in [5.74, 6) is 2.69. The maximum absolute atomic E-state index is 12.7. The average molecular weight is 433 g/mol. The molecule has 0 atom stereocenters. The van der Waals surface area contributed by atoms with Crippen LogP contribution in [-0.2, 0) is 16.8 Å². The van der Waals surface area contributed by atoms with E-state index >= 15 is 0 Å². The molecule has 2 saturated heterocycles. The van der Waals surface area contributed by atoms with Gasteiger partial charge in [0.1, 0.15) is 12.3 Å². The minimum Gasteiger partial charge on any atom is -0.443 e. The Balaban J connectivity index is 1.51. The van der Waals surface area contributed by atoms with E-state index in [9.17, 15) is 4.79 Å². The zero-order valence-corrected chi connectivity index (χ0v) is 19.8. The van der Waals surface area contributed by atoms with Gasteiger partial charge in [0.15, 0.2) is 5.96 Å². The summed E-state index contributed by atoms with van der Waals surface area (Å²) >= 11 is 0. The number of carbonyl (C=O) groups excluding carboxylic acids is 1. The Morgan fingerprint density at radius 2 is 1.74 bits per heavy atom. The fraction of sp³-hybridized carbons (Fsp3) is 0.783. The van der Waals surface area contributed by atoms with Crippen molar-refractivity contribution in [1.82, 2.24) is 25.0 Å². The molecule has 8 heteroatoms. The molecule has 0 spiro atoms. The minimum atomic E-state index is -0.0550. The third kappa shape index (κ3) is 6.95. The zero-order valence-electron chi connectivity index (χ0n) is 19.8. The number of hydrogen-bond acceptors (Lipinski definition) is 5. The van der Waals surface area contributed by atoms with Crippen molar-refractivity contribution in [1.29, 1.82) is 0 Å². The molecule has 0 radical (unpaired) electrons. The van der Waals surface area contributed by atoms with E-state index in [1.165, 1.54) is 12.8 Å². The number of oxazole rings is 1. The van der Waals surface area contributed by atoms with Gasteiger partial charge < -0.3 is 19.5 Å². The first kappa shape index (κ1) is 23.6. The van der Waals surface area contributed by atoms with E-state index in [1.807, 2.05) is 0 Å². The Bertz CT molecular complexity index is 723. The SMILES string of the molecule is CCNC(=NCc1ncc(C(C)(C)C)o1)N1CCN(CC(=O)N2CCCCCC2)CC1. The van der Waals surface area contributed by atoms with Crippen LogP contribution >= 0.6 is 0 Å². The minimum absolute atomic E-state index is 0.0550. The molecular formula is C23H40N6O2. The lowest BCUT2D eigenvalue weighted by Crippen LogP contribution is -2.54. The summed E-state index contributed by atoms with van der Waals surface area (Å²) in [5, 5.41) is 3.39. The van der Waals surface area contributed by atoms with Gasteiger partial charge in [-0.2, -0.15) is 0 Å². The predicted octanol–water partition coefficient (Wildman–Crippen LogP) is 2.46. The third-order valence-corrected chi connectivity index (χ3v) is 5.98. The van der Waals surface area contributed by atoms with Crippen LogP contribution in [0, 0.1) is 0 Å². The van der Waals surface area contributed by atoms with E-state index < -0.39 is 0 Å². The molecule has 8 nitrogen and oxygen atoms in total. The van der Waals surface area contributed by atoms with Gasteiger partial charge in [-0.15, -0.1) is 0 Å². The van der Waals surface area contributed by atoms with Crippen LogP contribution in [0.3, 0.4) is 0 Å². The van der Waals surface area contributed by atoms with Gasteiger partial charge in [-0.05, 0) is 19.8 Å². The number of hydrogen-bond donors (Lipinski definition) is 1. The van der Waals surface area contributed by atoms with Crippen molar-refractivity contribution in [3.63, 3.8) is 0 Å². The van der Waals surface area contributed by atoms with E-state index in [0.29, 0.717) is 19.0 Å². The summed E-state index contributed by atoms with van der Waals surface area (Å²) in [5.41, 5.74) is -0.0550. The smallest absolute Gasteiger partial charge is 0.236 e. The van der Waals surface area contributed by atoms with Gasteiger partial charge in [0.2, 0.25) is 11.8 Å². The highest BCUT2D eigenvalue weighted by Gasteiger charge is 2.24. The Kier molecular flexibility index (Phi) is 8.35. The van der Waals surface area contributed by atoms with Crippen molar-refractivity contribution < 1.29 is 9.21 Å². The van der Waals surface area contributed by atoms with E-state index in [1.54, 1.807) is 6.20 Å². The van der Waals surface area contributed by atoms with Crippen LogP contribution in [0.2, 0.25) is 0 Å². The van der Waals surface area contributed by atoms with Crippen LogP contribution in [0.5, 0.6) is 0 Å². The molecule has 0 aromatic carbocycles. The van der Waals surface area contributed by atoms with Crippen LogP contribution in [0.25, 0.3) is 0 Å². The van der Waals surface area contributed by atoms with Crippen LogP contribution in [0.4, 0.5) is 0 Å². The number of nitrogens with one attached hydrogen (secondary N) is 1. The Labute approximate surface area is 187 Å². The highest BCUT2D eigenvalue weighted by atomic mass is 16.4. The molecule has 0 bridgehead atoms. The molecule has 1 N–H and O–H groups in total. The van der Waals surface area contributed by atoms with Crippen molar-refractivity contribution in [2.45, 2.75) is 65.3 Å². The topological polar surface area (TPSA) is 77.2 Å². The number of guanidine groups is 1. The van der Waals surface area contributed by atoms with Gasteiger partial charge in [-0.3, -0.25) is 9.69 Å². The molecule has 0 saturated carbocycles. The molecule has 3 rings (SSSR count). The number of nitrogens with zero attached hydrogens (tertiary/aromatic N) is 5. The highest BCUT2D eigenvalue weighted by molar-refractivity contribution is 5.80. The van der Waals surface area contributed by atoms with Crippen LogP contribution < -0.4 is 5.32 Å². The predicted molar refractivity (Wildman–Crippen MR) is 123 cm³/mol. The lowest BCUT2D eigenvalue weighted by Gasteiger charge is -2.37. The number of aliphatic imine (C=N–C) groups is 1. The van der Waals surface area contributed by atoms with Crippen molar-refractivity contribution in [2.24, 2.45) is 4.99 Å². The van der Waals surface area contributed by atoms with Gasteiger partial charge in [-0.1, -0.05) is 33.6 Å². The summed E-state index contributed by atoms with van der Waals surface area (Å²) in [6.45, 7) is 15.5. The molecule has 1 amide bonds. The van der Waals surface area contributed by atoms with E-state index in [2.05, 4.69) is 52.7 Å². The van der Waals surface area contributed by atoms with Gasteiger partial charge in [0.25, 0.3) is 0 Å². The van der Waals surface area contributed by atoms with E-state index in [4.69, 9.17) is 9.41 Å². The largest absolute Gasteiger partial charge is 0.443 e. The molecule has 1 aromatic heterocycles. The Hall–Kier alpha value is -2.09. The molecule has 0 unspecified atom stereocenters. The normalized spacial score (nSPS) is 19.4. The first-order chi connectivity index (χ1) is 14.9. The van der Waals surface area contributed by atoms with Crippen molar-refractivity contribution >= 4 is 11.9 Å². The molecule has 1 aromatic rings. The maximum atomic E-state index is 12.7. The molecule has 2 fully saturated rings. The average Bonchev–Trinajstić information content (AvgIpc) is 3.06. The molecule has 2 aliphatic heterocycles. The summed E-state index contributed by atoms with van der Waals surface area (Å²) < 4.78 is 5.88. The van der Waals surface area contributed by atoms with Crippen molar-refractivity contribution in [3.8, 4) is 0 Å². The number of likely N-dealkylation sites (tertiary alicyclic amines) is 1. The number of aromatic nitrogens is 1.